The van der Waals surface area contributed by atoms with Crippen molar-refractivity contribution in [3.63, 3.8) is 0 Å². The molecule has 1 rings (SSSR count). The summed E-state index contributed by atoms with van der Waals surface area (Å²) in [4.78, 5) is 13.8. The van der Waals surface area contributed by atoms with Crippen molar-refractivity contribution in [2.75, 3.05) is 13.1 Å². The molecule has 0 aliphatic carbocycles. The number of carbonyl (C=O) groups excluding carboxylic acids is 1. The molecule has 0 bridgehead atoms. The van der Waals surface area contributed by atoms with E-state index in [9.17, 15) is 9.90 Å². The number of amides is 1. The van der Waals surface area contributed by atoms with Gasteiger partial charge in [-0.2, -0.15) is 0 Å². The first kappa shape index (κ1) is 13.5. The Morgan fingerprint density at radius 2 is 1.88 bits per heavy atom. The normalized spacial score (nSPS) is 19.2. The van der Waals surface area contributed by atoms with Gasteiger partial charge in [-0.15, -0.1) is 0 Å². The van der Waals surface area contributed by atoms with Crippen LogP contribution in [0.25, 0.3) is 0 Å². The van der Waals surface area contributed by atoms with Crippen LogP contribution in [0.2, 0.25) is 0 Å². The summed E-state index contributed by atoms with van der Waals surface area (Å²) in [6, 6.07) is 0. The second-order valence-corrected chi connectivity index (χ2v) is 5.95. The van der Waals surface area contributed by atoms with E-state index in [-0.39, 0.29) is 12.3 Å². The number of likely N-dealkylation sites (tertiary alicyclic amines) is 1. The molecule has 1 heterocycles. The molecule has 0 atom stereocenters. The molecule has 94 valence electrons. The molecule has 1 fully saturated rings. The monoisotopic (exact) mass is 227 g/mol. The van der Waals surface area contributed by atoms with Crippen LogP contribution in [0.15, 0.2) is 0 Å². The Morgan fingerprint density at radius 1 is 1.38 bits per heavy atom. The lowest BCUT2D eigenvalue weighted by Crippen LogP contribution is -2.42. The van der Waals surface area contributed by atoms with Crippen LogP contribution < -0.4 is 0 Å². The molecule has 16 heavy (non-hydrogen) atoms. The molecule has 3 nitrogen and oxygen atoms in total. The van der Waals surface area contributed by atoms with Crippen molar-refractivity contribution in [2.45, 2.75) is 52.6 Å². The molecule has 1 aliphatic rings. The van der Waals surface area contributed by atoms with Gasteiger partial charge in [0.15, 0.2) is 0 Å². The predicted octanol–water partition coefficient (Wildman–Crippen LogP) is 2.04. The topological polar surface area (TPSA) is 40.5 Å². The van der Waals surface area contributed by atoms with Gasteiger partial charge in [-0.25, -0.2) is 0 Å². The third-order valence-electron chi connectivity index (χ3n) is 3.42. The first-order chi connectivity index (χ1) is 7.29. The van der Waals surface area contributed by atoms with Crippen LogP contribution in [-0.2, 0) is 4.79 Å². The van der Waals surface area contributed by atoms with E-state index in [1.165, 1.54) is 0 Å². The SMILES string of the molecule is CC(C)C1CCN(C(=O)CC(C)(C)O)CC1. The number of aliphatic hydroxyl groups is 1. The van der Waals surface area contributed by atoms with Crippen LogP contribution in [0.4, 0.5) is 0 Å². The zero-order valence-corrected chi connectivity index (χ0v) is 11.0. The number of hydrogen-bond acceptors (Lipinski definition) is 2. The van der Waals surface area contributed by atoms with Gasteiger partial charge in [0.2, 0.25) is 5.91 Å². The highest BCUT2D eigenvalue weighted by molar-refractivity contribution is 5.77. The first-order valence-corrected chi connectivity index (χ1v) is 6.30. The molecular weight excluding hydrogens is 202 g/mol. The van der Waals surface area contributed by atoms with Crippen LogP contribution in [0.5, 0.6) is 0 Å². The van der Waals surface area contributed by atoms with Crippen LogP contribution in [-0.4, -0.2) is 34.6 Å². The van der Waals surface area contributed by atoms with E-state index < -0.39 is 5.60 Å². The minimum atomic E-state index is -0.883. The largest absolute Gasteiger partial charge is 0.390 e. The molecule has 0 radical (unpaired) electrons. The van der Waals surface area contributed by atoms with Gasteiger partial charge in [0.1, 0.15) is 0 Å². The fourth-order valence-corrected chi connectivity index (χ4v) is 2.30. The predicted molar refractivity (Wildman–Crippen MR) is 65.1 cm³/mol. The van der Waals surface area contributed by atoms with Crippen molar-refractivity contribution in [2.24, 2.45) is 11.8 Å². The Morgan fingerprint density at radius 3 is 2.25 bits per heavy atom. The summed E-state index contributed by atoms with van der Waals surface area (Å²) in [5, 5.41) is 9.61. The van der Waals surface area contributed by atoms with Crippen LogP contribution in [0.3, 0.4) is 0 Å². The fraction of sp³-hybridized carbons (Fsp3) is 0.923. The summed E-state index contributed by atoms with van der Waals surface area (Å²) >= 11 is 0. The number of rotatable bonds is 3. The maximum Gasteiger partial charge on any atom is 0.225 e. The van der Waals surface area contributed by atoms with Gasteiger partial charge in [0.05, 0.1) is 12.0 Å². The Kier molecular flexibility index (Phi) is 4.36. The van der Waals surface area contributed by atoms with E-state index in [4.69, 9.17) is 0 Å². The molecule has 0 saturated carbocycles. The maximum absolute atomic E-state index is 11.9. The molecule has 1 N–H and O–H groups in total. The van der Waals surface area contributed by atoms with Gasteiger partial charge in [0, 0.05) is 13.1 Å². The standard InChI is InChI=1S/C13H25NO2/c1-10(2)11-5-7-14(8-6-11)12(15)9-13(3,4)16/h10-11,16H,5-9H2,1-4H3. The lowest BCUT2D eigenvalue weighted by Gasteiger charge is -2.35. The zero-order valence-electron chi connectivity index (χ0n) is 11.0. The third kappa shape index (κ3) is 4.12. The lowest BCUT2D eigenvalue weighted by molar-refractivity contribution is -0.136. The summed E-state index contributed by atoms with van der Waals surface area (Å²) < 4.78 is 0. The van der Waals surface area contributed by atoms with Gasteiger partial charge in [-0.05, 0) is 38.5 Å². The van der Waals surface area contributed by atoms with Gasteiger partial charge < -0.3 is 10.0 Å². The molecule has 1 aliphatic heterocycles. The smallest absolute Gasteiger partial charge is 0.225 e. The Balaban J connectivity index is 2.39. The number of hydrogen-bond donors (Lipinski definition) is 1. The van der Waals surface area contributed by atoms with E-state index in [2.05, 4.69) is 13.8 Å². The average molecular weight is 227 g/mol. The molecule has 1 amide bonds. The van der Waals surface area contributed by atoms with Gasteiger partial charge in [-0.3, -0.25) is 4.79 Å². The lowest BCUT2D eigenvalue weighted by atomic mass is 9.86. The molecule has 0 aromatic carbocycles. The van der Waals surface area contributed by atoms with E-state index in [0.29, 0.717) is 5.92 Å². The van der Waals surface area contributed by atoms with Crippen LogP contribution in [0.1, 0.15) is 47.0 Å². The van der Waals surface area contributed by atoms with Crippen molar-refractivity contribution >= 4 is 5.91 Å². The Labute approximate surface area is 98.8 Å². The summed E-state index contributed by atoms with van der Waals surface area (Å²) in [5.74, 6) is 1.56. The van der Waals surface area contributed by atoms with Crippen molar-refractivity contribution in [3.8, 4) is 0 Å². The molecule has 0 aromatic rings. The fourth-order valence-electron chi connectivity index (χ4n) is 2.30. The molecule has 3 heteroatoms. The summed E-state index contributed by atoms with van der Waals surface area (Å²) in [5.41, 5.74) is -0.883. The maximum atomic E-state index is 11.9. The second kappa shape index (κ2) is 5.17. The van der Waals surface area contributed by atoms with Crippen molar-refractivity contribution in [3.05, 3.63) is 0 Å². The molecule has 0 aromatic heterocycles. The number of piperidine rings is 1. The Hall–Kier alpha value is -0.570. The Bertz CT molecular complexity index is 235. The van der Waals surface area contributed by atoms with Gasteiger partial charge in [0.25, 0.3) is 0 Å². The summed E-state index contributed by atoms with van der Waals surface area (Å²) in [6.07, 6.45) is 2.45. The van der Waals surface area contributed by atoms with Crippen LogP contribution >= 0.6 is 0 Å². The van der Waals surface area contributed by atoms with Crippen molar-refractivity contribution < 1.29 is 9.90 Å². The quantitative estimate of drug-likeness (QED) is 0.801. The first-order valence-electron chi connectivity index (χ1n) is 6.30. The highest BCUT2D eigenvalue weighted by atomic mass is 16.3. The van der Waals surface area contributed by atoms with E-state index in [0.717, 1.165) is 31.8 Å². The number of carbonyl (C=O) groups is 1. The highest BCUT2D eigenvalue weighted by Crippen LogP contribution is 2.25. The minimum Gasteiger partial charge on any atom is -0.390 e. The minimum absolute atomic E-state index is 0.0923. The van der Waals surface area contributed by atoms with Crippen LogP contribution in [0, 0.1) is 11.8 Å². The molecule has 0 spiro atoms. The zero-order chi connectivity index (χ0) is 12.3. The summed E-state index contributed by atoms with van der Waals surface area (Å²) in [7, 11) is 0. The number of nitrogens with zero attached hydrogens (tertiary/aromatic N) is 1. The van der Waals surface area contributed by atoms with E-state index >= 15 is 0 Å². The van der Waals surface area contributed by atoms with Gasteiger partial charge >= 0.3 is 0 Å². The molecular formula is C13H25NO2. The summed E-state index contributed by atoms with van der Waals surface area (Å²) in [6.45, 7) is 9.59. The second-order valence-electron chi connectivity index (χ2n) is 5.95. The third-order valence-corrected chi connectivity index (χ3v) is 3.42. The van der Waals surface area contributed by atoms with Crippen molar-refractivity contribution in [1.29, 1.82) is 0 Å². The highest BCUT2D eigenvalue weighted by Gasteiger charge is 2.27. The van der Waals surface area contributed by atoms with Crippen molar-refractivity contribution in [1.82, 2.24) is 4.90 Å². The average Bonchev–Trinajstić information content (AvgIpc) is 2.15. The van der Waals surface area contributed by atoms with E-state index in [1.54, 1.807) is 13.8 Å². The van der Waals surface area contributed by atoms with E-state index in [1.807, 2.05) is 4.90 Å². The van der Waals surface area contributed by atoms with Gasteiger partial charge in [-0.1, -0.05) is 13.8 Å². The molecule has 1 saturated heterocycles. The molecule has 0 unspecified atom stereocenters.